The number of aryl methyl sites for hydroxylation is 1. The Morgan fingerprint density at radius 2 is 1.94 bits per heavy atom. The van der Waals surface area contributed by atoms with Gasteiger partial charge in [-0.2, -0.15) is 0 Å². The maximum atomic E-state index is 12.4. The fourth-order valence-electron chi connectivity index (χ4n) is 2.47. The van der Waals surface area contributed by atoms with Gasteiger partial charge in [-0.15, -0.1) is 0 Å². The van der Waals surface area contributed by atoms with E-state index in [2.05, 4.69) is 11.1 Å². The molecule has 1 aliphatic rings. The number of Topliss-reactive ketones (excluding diaryl/α,β-unsaturated/α-hetero) is 1. The van der Waals surface area contributed by atoms with E-state index in [1.807, 2.05) is 36.4 Å². The maximum absolute atomic E-state index is 12.4. The van der Waals surface area contributed by atoms with Gasteiger partial charge in [0.1, 0.15) is 0 Å². The van der Waals surface area contributed by atoms with Crippen molar-refractivity contribution in [3.8, 4) is 0 Å². The van der Waals surface area contributed by atoms with E-state index in [1.165, 1.54) is 5.56 Å². The molecule has 0 spiro atoms. The molecule has 84 valence electrons. The largest absolute Gasteiger partial charge is 0.293 e. The summed E-state index contributed by atoms with van der Waals surface area (Å²) >= 11 is 0. The van der Waals surface area contributed by atoms with Gasteiger partial charge in [0, 0.05) is 11.8 Å². The van der Waals surface area contributed by atoms with E-state index in [9.17, 15) is 4.79 Å². The van der Waals surface area contributed by atoms with Crippen LogP contribution < -0.4 is 0 Å². The van der Waals surface area contributed by atoms with Gasteiger partial charge in [-0.3, -0.25) is 9.78 Å². The number of ketones is 1. The molecule has 1 unspecified atom stereocenters. The van der Waals surface area contributed by atoms with Crippen LogP contribution in [0.2, 0.25) is 0 Å². The van der Waals surface area contributed by atoms with Gasteiger partial charge in [0.15, 0.2) is 5.78 Å². The lowest BCUT2D eigenvalue weighted by atomic mass is 9.95. The normalized spacial score (nSPS) is 17.8. The van der Waals surface area contributed by atoms with Gasteiger partial charge in [0.25, 0.3) is 0 Å². The van der Waals surface area contributed by atoms with Crippen LogP contribution in [0.25, 0.3) is 0 Å². The van der Waals surface area contributed by atoms with Gasteiger partial charge in [-0.1, -0.05) is 36.4 Å². The molecule has 1 aliphatic carbocycles. The molecule has 1 atom stereocenters. The van der Waals surface area contributed by atoms with E-state index in [1.54, 1.807) is 6.20 Å². The van der Waals surface area contributed by atoms with Crippen molar-refractivity contribution in [2.45, 2.75) is 18.8 Å². The molecule has 2 heteroatoms. The van der Waals surface area contributed by atoms with Crippen LogP contribution in [0.3, 0.4) is 0 Å². The van der Waals surface area contributed by atoms with Crippen LogP contribution in [-0.2, 0) is 6.42 Å². The van der Waals surface area contributed by atoms with Gasteiger partial charge in [0.05, 0.1) is 11.6 Å². The second-order valence-corrected chi connectivity index (χ2v) is 4.37. The molecule has 1 aromatic carbocycles. The Hall–Kier alpha value is -1.96. The molecule has 0 fully saturated rings. The van der Waals surface area contributed by atoms with Crippen molar-refractivity contribution in [3.63, 3.8) is 0 Å². The highest BCUT2D eigenvalue weighted by atomic mass is 16.1. The zero-order valence-electron chi connectivity index (χ0n) is 9.47. The predicted molar refractivity (Wildman–Crippen MR) is 66.1 cm³/mol. The van der Waals surface area contributed by atoms with Crippen LogP contribution in [0.15, 0.2) is 48.7 Å². The van der Waals surface area contributed by atoms with Crippen LogP contribution in [0, 0.1) is 0 Å². The Morgan fingerprint density at radius 3 is 2.76 bits per heavy atom. The third-order valence-corrected chi connectivity index (χ3v) is 3.33. The fourth-order valence-corrected chi connectivity index (χ4v) is 2.47. The highest BCUT2D eigenvalue weighted by Crippen LogP contribution is 2.33. The second kappa shape index (κ2) is 4.13. The number of rotatable bonds is 2. The molecule has 2 aromatic rings. The molecular weight excluding hydrogens is 210 g/mol. The topological polar surface area (TPSA) is 30.0 Å². The summed E-state index contributed by atoms with van der Waals surface area (Å²) in [6.07, 6.45) is 3.63. The number of aromatic nitrogens is 1. The van der Waals surface area contributed by atoms with Crippen molar-refractivity contribution in [2.75, 3.05) is 0 Å². The Bertz CT molecular complexity index is 548. The number of pyridine rings is 1. The lowest BCUT2D eigenvalue weighted by Crippen LogP contribution is -2.11. The summed E-state index contributed by atoms with van der Waals surface area (Å²) in [7, 11) is 0. The van der Waals surface area contributed by atoms with Crippen LogP contribution in [0.1, 0.15) is 34.0 Å². The van der Waals surface area contributed by atoms with Crippen LogP contribution in [0.4, 0.5) is 0 Å². The summed E-state index contributed by atoms with van der Waals surface area (Å²) in [4.78, 5) is 16.7. The van der Waals surface area contributed by atoms with E-state index in [0.717, 1.165) is 24.1 Å². The Morgan fingerprint density at radius 1 is 1.12 bits per heavy atom. The smallest absolute Gasteiger partial charge is 0.171 e. The first-order valence-electron chi connectivity index (χ1n) is 5.89. The first kappa shape index (κ1) is 10.2. The number of fused-ring (bicyclic) bond motifs is 1. The van der Waals surface area contributed by atoms with Crippen molar-refractivity contribution in [3.05, 3.63) is 65.5 Å². The highest BCUT2D eigenvalue weighted by molar-refractivity contribution is 6.01. The average Bonchev–Trinajstić information content (AvgIpc) is 2.83. The average molecular weight is 223 g/mol. The summed E-state index contributed by atoms with van der Waals surface area (Å²) in [6.45, 7) is 0. The minimum absolute atomic E-state index is 0.0476. The lowest BCUT2D eigenvalue weighted by Gasteiger charge is -2.09. The predicted octanol–water partition coefficient (Wildman–Crippen LogP) is 2.99. The van der Waals surface area contributed by atoms with Crippen molar-refractivity contribution < 1.29 is 4.79 Å². The zero-order valence-corrected chi connectivity index (χ0v) is 9.47. The number of nitrogens with zero attached hydrogens (tertiary/aromatic N) is 1. The third kappa shape index (κ3) is 1.76. The number of carbonyl (C=O) groups excluding carboxylic acids is 1. The van der Waals surface area contributed by atoms with E-state index < -0.39 is 0 Å². The Kier molecular flexibility index (Phi) is 2.48. The molecular formula is C15H13NO. The molecule has 0 bridgehead atoms. The van der Waals surface area contributed by atoms with Gasteiger partial charge >= 0.3 is 0 Å². The summed E-state index contributed by atoms with van der Waals surface area (Å²) in [6, 6.07) is 13.5. The summed E-state index contributed by atoms with van der Waals surface area (Å²) < 4.78 is 0. The molecule has 0 N–H and O–H groups in total. The Labute approximate surface area is 100 Å². The number of carbonyl (C=O) groups is 1. The molecule has 0 aliphatic heterocycles. The quantitative estimate of drug-likeness (QED) is 0.732. The molecule has 1 heterocycles. The molecule has 17 heavy (non-hydrogen) atoms. The van der Waals surface area contributed by atoms with Crippen LogP contribution in [-0.4, -0.2) is 10.8 Å². The van der Waals surface area contributed by atoms with Crippen LogP contribution >= 0.6 is 0 Å². The van der Waals surface area contributed by atoms with Crippen molar-refractivity contribution >= 4 is 5.78 Å². The molecule has 0 saturated carbocycles. The molecule has 3 rings (SSSR count). The van der Waals surface area contributed by atoms with Gasteiger partial charge in [0.2, 0.25) is 0 Å². The van der Waals surface area contributed by atoms with E-state index in [4.69, 9.17) is 0 Å². The van der Waals surface area contributed by atoms with E-state index >= 15 is 0 Å². The van der Waals surface area contributed by atoms with Crippen LogP contribution in [0.5, 0.6) is 0 Å². The maximum Gasteiger partial charge on any atom is 0.171 e. The van der Waals surface area contributed by atoms with Crippen molar-refractivity contribution in [2.24, 2.45) is 0 Å². The monoisotopic (exact) mass is 223 g/mol. The number of hydrogen-bond acceptors (Lipinski definition) is 2. The van der Waals surface area contributed by atoms with Gasteiger partial charge < -0.3 is 0 Å². The minimum atomic E-state index is -0.0476. The lowest BCUT2D eigenvalue weighted by molar-refractivity contribution is 0.0958. The first-order valence-corrected chi connectivity index (χ1v) is 5.89. The van der Waals surface area contributed by atoms with Crippen molar-refractivity contribution in [1.29, 1.82) is 0 Å². The fraction of sp³-hybridized carbons (Fsp3) is 0.200. The van der Waals surface area contributed by atoms with E-state index in [-0.39, 0.29) is 11.7 Å². The minimum Gasteiger partial charge on any atom is -0.293 e. The standard InChI is InChI=1S/C15H13NO/c17-15(12-5-2-1-3-6-12)13-9-8-11-7-4-10-16-14(11)13/h1-7,10,13H,8-9H2. The molecule has 0 radical (unpaired) electrons. The van der Waals surface area contributed by atoms with Gasteiger partial charge in [-0.05, 0) is 24.5 Å². The summed E-state index contributed by atoms with van der Waals surface area (Å²) in [5, 5.41) is 0. The molecule has 0 amide bonds. The summed E-state index contributed by atoms with van der Waals surface area (Å²) in [5.41, 5.74) is 2.99. The molecule has 1 aromatic heterocycles. The van der Waals surface area contributed by atoms with Gasteiger partial charge in [-0.25, -0.2) is 0 Å². The van der Waals surface area contributed by atoms with Crippen molar-refractivity contribution in [1.82, 2.24) is 4.98 Å². The molecule has 2 nitrogen and oxygen atoms in total. The number of benzene rings is 1. The summed E-state index contributed by atoms with van der Waals surface area (Å²) in [5.74, 6) is 0.150. The number of hydrogen-bond donors (Lipinski definition) is 0. The zero-order chi connectivity index (χ0) is 11.7. The first-order chi connectivity index (χ1) is 8.36. The highest BCUT2D eigenvalue weighted by Gasteiger charge is 2.30. The Balaban J connectivity index is 1.95. The third-order valence-electron chi connectivity index (χ3n) is 3.33. The molecule has 0 saturated heterocycles. The second-order valence-electron chi connectivity index (χ2n) is 4.37. The van der Waals surface area contributed by atoms with E-state index in [0.29, 0.717) is 0 Å². The SMILES string of the molecule is O=C(c1ccccc1)C1CCc2cccnc21.